The van der Waals surface area contributed by atoms with Gasteiger partial charge in [-0.2, -0.15) is 13.2 Å². The number of carbonyl (C=O) groups is 3. The number of amides is 2. The predicted octanol–water partition coefficient (Wildman–Crippen LogP) is 9.12. The topological polar surface area (TPSA) is 84.5 Å². The minimum Gasteiger partial charge on any atom is -0.469 e. The van der Waals surface area contributed by atoms with Crippen LogP contribution in [-0.4, -0.2) is 24.9 Å². The van der Waals surface area contributed by atoms with Crippen LogP contribution in [0.15, 0.2) is 115 Å². The van der Waals surface area contributed by atoms with Crippen molar-refractivity contribution in [3.8, 4) is 22.3 Å². The van der Waals surface area contributed by atoms with E-state index < -0.39 is 41.4 Å². The van der Waals surface area contributed by atoms with E-state index in [9.17, 15) is 31.9 Å². The highest BCUT2D eigenvalue weighted by molar-refractivity contribution is 6.31. The van der Waals surface area contributed by atoms with E-state index in [2.05, 4.69) is 10.6 Å². The van der Waals surface area contributed by atoms with Crippen LogP contribution >= 0.6 is 11.6 Å². The van der Waals surface area contributed by atoms with Crippen molar-refractivity contribution in [1.82, 2.24) is 5.32 Å². The Labute approximate surface area is 278 Å². The maximum absolute atomic E-state index is 14.0. The summed E-state index contributed by atoms with van der Waals surface area (Å²) in [5, 5.41) is 5.54. The van der Waals surface area contributed by atoms with E-state index in [0.717, 1.165) is 12.1 Å². The maximum Gasteiger partial charge on any atom is 0.416 e. The number of carbonyl (C=O) groups excluding carboxylic acids is 3. The molecule has 0 saturated carbocycles. The second-order valence-electron chi connectivity index (χ2n) is 10.7. The van der Waals surface area contributed by atoms with Crippen LogP contribution in [-0.2, 0) is 15.7 Å². The first-order valence-corrected chi connectivity index (χ1v) is 14.9. The molecule has 2 N–H and O–H groups in total. The highest BCUT2D eigenvalue weighted by atomic mass is 35.5. The molecule has 0 aliphatic rings. The molecular weight excluding hydrogens is 648 g/mol. The van der Waals surface area contributed by atoms with Gasteiger partial charge in [-0.1, -0.05) is 78.3 Å². The van der Waals surface area contributed by atoms with Crippen molar-refractivity contribution in [2.75, 3.05) is 12.4 Å². The molecule has 1 unspecified atom stereocenters. The first-order valence-electron chi connectivity index (χ1n) is 14.5. The van der Waals surface area contributed by atoms with E-state index in [0.29, 0.717) is 33.4 Å². The van der Waals surface area contributed by atoms with Crippen LogP contribution in [0.2, 0.25) is 5.02 Å². The normalized spacial score (nSPS) is 11.8. The van der Waals surface area contributed by atoms with E-state index in [-0.39, 0.29) is 22.7 Å². The number of methoxy groups -OCH3 is 1. The van der Waals surface area contributed by atoms with E-state index in [1.54, 1.807) is 66.7 Å². The largest absolute Gasteiger partial charge is 0.469 e. The van der Waals surface area contributed by atoms with Gasteiger partial charge in [-0.15, -0.1) is 0 Å². The van der Waals surface area contributed by atoms with Crippen molar-refractivity contribution in [3.63, 3.8) is 0 Å². The van der Waals surface area contributed by atoms with Crippen LogP contribution in [0.4, 0.5) is 23.2 Å². The highest BCUT2D eigenvalue weighted by Crippen LogP contribution is 2.33. The molecule has 0 aromatic heterocycles. The third-order valence-electron chi connectivity index (χ3n) is 7.56. The summed E-state index contributed by atoms with van der Waals surface area (Å²) in [6, 6.07) is 27.5. The van der Waals surface area contributed by atoms with Crippen LogP contribution in [0.1, 0.15) is 44.3 Å². The number of nitrogens with one attached hydrogen (secondary N) is 2. The number of hydrogen-bond donors (Lipinski definition) is 2. The zero-order chi connectivity index (χ0) is 34.4. The summed E-state index contributed by atoms with van der Waals surface area (Å²) >= 11 is 5.94. The van der Waals surface area contributed by atoms with Gasteiger partial charge in [0.05, 0.1) is 41.4 Å². The molecule has 0 bridgehead atoms. The van der Waals surface area contributed by atoms with Crippen molar-refractivity contribution in [2.45, 2.75) is 18.6 Å². The summed E-state index contributed by atoms with van der Waals surface area (Å²) in [4.78, 5) is 39.4. The van der Waals surface area contributed by atoms with Gasteiger partial charge in [-0.05, 0) is 76.3 Å². The van der Waals surface area contributed by atoms with Gasteiger partial charge < -0.3 is 15.4 Å². The summed E-state index contributed by atoms with van der Waals surface area (Å²) in [5.74, 6) is -2.32. The quantitative estimate of drug-likeness (QED) is 0.121. The fraction of sp³-hybridized carbons (Fsp3) is 0.108. The molecule has 0 radical (unpaired) electrons. The van der Waals surface area contributed by atoms with Crippen LogP contribution in [0.3, 0.4) is 0 Å². The van der Waals surface area contributed by atoms with E-state index in [1.807, 2.05) is 0 Å². The van der Waals surface area contributed by atoms with Gasteiger partial charge in [-0.3, -0.25) is 14.4 Å². The Balaban J connectivity index is 1.49. The summed E-state index contributed by atoms with van der Waals surface area (Å²) in [7, 11) is 1.22. The molecule has 6 nitrogen and oxygen atoms in total. The first-order chi connectivity index (χ1) is 22.9. The van der Waals surface area contributed by atoms with Gasteiger partial charge in [0.25, 0.3) is 11.8 Å². The fourth-order valence-electron chi connectivity index (χ4n) is 4.98. The molecule has 48 heavy (non-hydrogen) atoms. The van der Waals surface area contributed by atoms with Crippen molar-refractivity contribution in [2.24, 2.45) is 0 Å². The third kappa shape index (κ3) is 8.08. The molecule has 244 valence electrons. The molecular formula is C37H27ClF4N2O4. The zero-order valence-corrected chi connectivity index (χ0v) is 26.0. The van der Waals surface area contributed by atoms with E-state index >= 15 is 0 Å². The lowest BCUT2D eigenvalue weighted by atomic mass is 9.97. The average Bonchev–Trinajstić information content (AvgIpc) is 3.09. The minimum atomic E-state index is -4.52. The Bertz CT molecular complexity index is 1950. The molecule has 11 heteroatoms. The smallest absolute Gasteiger partial charge is 0.416 e. The number of esters is 1. The molecule has 0 aliphatic heterocycles. The molecule has 2 amide bonds. The van der Waals surface area contributed by atoms with E-state index in [1.165, 1.54) is 43.5 Å². The Morgan fingerprint density at radius 2 is 1.33 bits per heavy atom. The molecule has 5 rings (SSSR count). The Morgan fingerprint density at radius 3 is 1.94 bits per heavy atom. The molecule has 1 atom stereocenters. The summed E-state index contributed by atoms with van der Waals surface area (Å²) in [6.07, 6.45) is -4.76. The van der Waals surface area contributed by atoms with Crippen molar-refractivity contribution < 1.29 is 36.7 Å². The Morgan fingerprint density at radius 1 is 0.750 bits per heavy atom. The molecule has 5 aromatic carbocycles. The lowest BCUT2D eigenvalue weighted by Gasteiger charge is -2.20. The summed E-state index contributed by atoms with van der Waals surface area (Å²) in [5.41, 5.74) is 2.37. The Kier molecular flexibility index (Phi) is 10.2. The molecule has 0 heterocycles. The lowest BCUT2D eigenvalue weighted by molar-refractivity contribution is -0.141. The number of benzene rings is 5. The number of alkyl halides is 3. The maximum atomic E-state index is 14.0. The lowest BCUT2D eigenvalue weighted by Crippen LogP contribution is -2.31. The van der Waals surface area contributed by atoms with Gasteiger partial charge >= 0.3 is 12.1 Å². The second-order valence-corrected chi connectivity index (χ2v) is 11.1. The van der Waals surface area contributed by atoms with Gasteiger partial charge in [0.1, 0.15) is 5.82 Å². The van der Waals surface area contributed by atoms with Crippen LogP contribution in [0.25, 0.3) is 22.3 Å². The van der Waals surface area contributed by atoms with Crippen LogP contribution < -0.4 is 10.6 Å². The van der Waals surface area contributed by atoms with Gasteiger partial charge in [0.2, 0.25) is 0 Å². The van der Waals surface area contributed by atoms with Crippen molar-refractivity contribution in [3.05, 3.63) is 148 Å². The highest BCUT2D eigenvalue weighted by Gasteiger charge is 2.30. The minimum absolute atomic E-state index is 0.00381. The monoisotopic (exact) mass is 674 g/mol. The number of anilines is 1. The zero-order valence-electron chi connectivity index (χ0n) is 25.3. The average molecular weight is 675 g/mol. The van der Waals surface area contributed by atoms with Gasteiger partial charge in [0.15, 0.2) is 0 Å². The molecule has 0 saturated heterocycles. The summed E-state index contributed by atoms with van der Waals surface area (Å²) < 4.78 is 58.1. The SMILES string of the molecule is COC(=O)CC(NC(=O)c1cc(-c2ccc(C(F)(F)F)cc2)ccc1NC(=O)c1ccccc1)c1ccc(-c2ccc(F)c(Cl)c2)cc1. The van der Waals surface area contributed by atoms with Gasteiger partial charge in [-0.25, -0.2) is 4.39 Å². The number of ether oxygens (including phenoxy) is 1. The number of halogens is 5. The fourth-order valence-corrected chi connectivity index (χ4v) is 5.16. The van der Waals surface area contributed by atoms with Gasteiger partial charge in [0, 0.05) is 5.56 Å². The standard InChI is InChI=1S/C37H27ClF4N2O4/c1-48-34(45)21-33(24-9-7-22(8-10-24)27-13-17-31(39)30(38)20-27)44-36(47)29-19-26(23-11-15-28(16-12-23)37(40,41)42)14-18-32(29)43-35(46)25-5-3-2-4-6-25/h2-20,33H,21H2,1H3,(H,43,46)(H,44,47). The number of hydrogen-bond acceptors (Lipinski definition) is 4. The first kappa shape index (κ1) is 33.9. The third-order valence-corrected chi connectivity index (χ3v) is 7.85. The second kappa shape index (κ2) is 14.5. The van der Waals surface area contributed by atoms with Crippen molar-refractivity contribution >= 4 is 35.1 Å². The molecule has 0 aliphatic carbocycles. The summed E-state index contributed by atoms with van der Waals surface area (Å²) in [6.45, 7) is 0. The Hall–Kier alpha value is -5.48. The molecule has 5 aromatic rings. The van der Waals surface area contributed by atoms with E-state index in [4.69, 9.17) is 16.3 Å². The van der Waals surface area contributed by atoms with Crippen LogP contribution in [0, 0.1) is 5.82 Å². The predicted molar refractivity (Wildman–Crippen MR) is 175 cm³/mol. The van der Waals surface area contributed by atoms with Crippen LogP contribution in [0.5, 0.6) is 0 Å². The molecule has 0 fully saturated rings. The molecule has 0 spiro atoms. The van der Waals surface area contributed by atoms with Crippen molar-refractivity contribution in [1.29, 1.82) is 0 Å². The number of rotatable bonds is 9.